The second kappa shape index (κ2) is 13.8. The fourth-order valence-corrected chi connectivity index (χ4v) is 6.89. The van der Waals surface area contributed by atoms with Crippen molar-refractivity contribution in [1.82, 2.24) is 9.47 Å². The number of rotatable bonds is 11. The molecule has 0 aliphatic carbocycles. The number of thiazole rings is 1. The van der Waals surface area contributed by atoms with Crippen molar-refractivity contribution in [2.45, 2.75) is 52.5 Å². The van der Waals surface area contributed by atoms with Crippen LogP contribution < -0.4 is 33.8 Å². The number of esters is 1. The standard InChI is InChI=1S/C34H37N3O8S/c1-4-9-23-30(33(40)42-6-3)31(22-11-13-25-27(18-22)45-20-44-25)37-32(39)28(46-34(37)35-23)17-21-10-12-24(26(16-21)41-5-2)43-19-29(38)36-14-7-8-15-36/h10-13,16-18,31H,4-9,14-15,19-20H2,1-3H3/b28-17+/t31-/m1/s1. The lowest BCUT2D eigenvalue weighted by atomic mass is 9.94. The number of fused-ring (bicyclic) bond motifs is 2. The van der Waals surface area contributed by atoms with E-state index in [0.29, 0.717) is 67.8 Å². The predicted molar refractivity (Wildman–Crippen MR) is 171 cm³/mol. The van der Waals surface area contributed by atoms with Crippen LogP contribution in [-0.2, 0) is 14.3 Å². The second-order valence-corrected chi connectivity index (χ2v) is 12.1. The Hall–Kier alpha value is -4.58. The quantitative estimate of drug-likeness (QED) is 0.289. The zero-order chi connectivity index (χ0) is 32.2. The number of nitrogens with zero attached hydrogens (tertiary/aromatic N) is 3. The summed E-state index contributed by atoms with van der Waals surface area (Å²) >= 11 is 1.25. The summed E-state index contributed by atoms with van der Waals surface area (Å²) in [5, 5.41) is 0. The molecule has 3 aliphatic heterocycles. The number of aromatic nitrogens is 1. The molecule has 1 amide bonds. The first-order valence-corrected chi connectivity index (χ1v) is 16.5. The van der Waals surface area contributed by atoms with E-state index in [1.54, 1.807) is 41.8 Å². The lowest BCUT2D eigenvalue weighted by Crippen LogP contribution is -2.40. The van der Waals surface area contributed by atoms with E-state index in [4.69, 9.17) is 28.7 Å². The maximum absolute atomic E-state index is 14.2. The molecule has 0 saturated carbocycles. The van der Waals surface area contributed by atoms with Crippen molar-refractivity contribution < 1.29 is 33.3 Å². The summed E-state index contributed by atoms with van der Waals surface area (Å²) in [5.74, 6) is 1.53. The van der Waals surface area contributed by atoms with Crippen LogP contribution in [0.25, 0.3) is 6.08 Å². The topological polar surface area (TPSA) is 118 Å². The molecule has 46 heavy (non-hydrogen) atoms. The minimum atomic E-state index is -0.767. The number of hydrogen-bond donors (Lipinski definition) is 0. The Bertz CT molecular complexity index is 1850. The van der Waals surface area contributed by atoms with Crippen LogP contribution in [0.15, 0.2) is 57.5 Å². The van der Waals surface area contributed by atoms with Crippen LogP contribution in [0, 0.1) is 0 Å². The van der Waals surface area contributed by atoms with Crippen molar-refractivity contribution in [1.29, 1.82) is 0 Å². The third-order valence-corrected chi connectivity index (χ3v) is 8.96. The van der Waals surface area contributed by atoms with Crippen LogP contribution in [0.3, 0.4) is 0 Å². The summed E-state index contributed by atoms with van der Waals surface area (Å²) in [4.78, 5) is 47.3. The van der Waals surface area contributed by atoms with Crippen LogP contribution in [0.5, 0.6) is 23.0 Å². The molecule has 0 unspecified atom stereocenters. The molecule has 4 heterocycles. The van der Waals surface area contributed by atoms with Gasteiger partial charge in [-0.3, -0.25) is 14.2 Å². The Labute approximate surface area is 270 Å². The van der Waals surface area contributed by atoms with Gasteiger partial charge in [0.15, 0.2) is 34.4 Å². The Morgan fingerprint density at radius 3 is 2.57 bits per heavy atom. The van der Waals surface area contributed by atoms with E-state index in [1.165, 1.54) is 11.3 Å². The molecular weight excluding hydrogens is 610 g/mol. The molecule has 1 saturated heterocycles. The van der Waals surface area contributed by atoms with E-state index in [0.717, 1.165) is 32.4 Å². The number of hydrogen-bond acceptors (Lipinski definition) is 10. The van der Waals surface area contributed by atoms with Crippen LogP contribution in [0.2, 0.25) is 0 Å². The molecule has 3 aromatic rings. The molecular formula is C34H37N3O8S. The number of amides is 1. The smallest absolute Gasteiger partial charge is 0.338 e. The van der Waals surface area contributed by atoms with Crippen LogP contribution >= 0.6 is 11.3 Å². The monoisotopic (exact) mass is 647 g/mol. The molecule has 11 nitrogen and oxygen atoms in total. The van der Waals surface area contributed by atoms with Gasteiger partial charge in [0.2, 0.25) is 6.79 Å². The van der Waals surface area contributed by atoms with Gasteiger partial charge in [0.05, 0.1) is 35.1 Å². The highest BCUT2D eigenvalue weighted by Gasteiger charge is 2.35. The van der Waals surface area contributed by atoms with E-state index in [1.807, 2.05) is 30.9 Å². The second-order valence-electron chi connectivity index (χ2n) is 11.0. The molecule has 3 aliphatic rings. The molecule has 0 bridgehead atoms. The first-order chi connectivity index (χ1) is 22.4. The van der Waals surface area contributed by atoms with Crippen molar-refractivity contribution in [2.75, 3.05) is 39.7 Å². The van der Waals surface area contributed by atoms with Crippen molar-refractivity contribution in [3.8, 4) is 23.0 Å². The number of likely N-dealkylation sites (tertiary alicyclic amines) is 1. The Morgan fingerprint density at radius 1 is 1.00 bits per heavy atom. The summed E-state index contributed by atoms with van der Waals surface area (Å²) in [7, 11) is 0. The van der Waals surface area contributed by atoms with Crippen LogP contribution in [-0.4, -0.2) is 61.0 Å². The average molecular weight is 648 g/mol. The van der Waals surface area contributed by atoms with Gasteiger partial charge in [-0.05, 0) is 74.6 Å². The van der Waals surface area contributed by atoms with Gasteiger partial charge in [-0.2, -0.15) is 0 Å². The molecule has 6 rings (SSSR count). The summed E-state index contributed by atoms with van der Waals surface area (Å²) in [6.45, 7) is 7.77. The molecule has 1 fully saturated rings. The first kappa shape index (κ1) is 31.4. The van der Waals surface area contributed by atoms with Gasteiger partial charge in [-0.1, -0.05) is 36.8 Å². The van der Waals surface area contributed by atoms with Crippen LogP contribution in [0.4, 0.5) is 0 Å². The summed E-state index contributed by atoms with van der Waals surface area (Å²) < 4.78 is 30.3. The summed E-state index contributed by atoms with van der Waals surface area (Å²) in [6.07, 6.45) is 5.09. The third kappa shape index (κ3) is 6.26. The molecule has 2 aromatic carbocycles. The highest BCUT2D eigenvalue weighted by molar-refractivity contribution is 7.07. The van der Waals surface area contributed by atoms with Gasteiger partial charge in [0.1, 0.15) is 0 Å². The van der Waals surface area contributed by atoms with Crippen molar-refractivity contribution in [3.05, 3.63) is 78.5 Å². The molecule has 1 aromatic heterocycles. The van der Waals surface area contributed by atoms with Crippen LogP contribution in [0.1, 0.15) is 63.6 Å². The lowest BCUT2D eigenvalue weighted by molar-refractivity contribution is -0.139. The van der Waals surface area contributed by atoms with E-state index in [2.05, 4.69) is 0 Å². The van der Waals surface area contributed by atoms with Gasteiger partial charge >= 0.3 is 5.97 Å². The molecule has 0 spiro atoms. The first-order valence-electron chi connectivity index (χ1n) is 15.7. The number of carbonyl (C=O) groups excluding carboxylic acids is 2. The molecule has 1 atom stereocenters. The summed E-state index contributed by atoms with van der Waals surface area (Å²) in [5.41, 5.74) is 2.04. The summed E-state index contributed by atoms with van der Waals surface area (Å²) in [6, 6.07) is 10.0. The van der Waals surface area contributed by atoms with Gasteiger partial charge in [0.25, 0.3) is 11.5 Å². The Kier molecular flexibility index (Phi) is 9.43. The Morgan fingerprint density at radius 2 is 1.80 bits per heavy atom. The third-order valence-electron chi connectivity index (χ3n) is 7.98. The molecule has 0 N–H and O–H groups in total. The van der Waals surface area contributed by atoms with Gasteiger partial charge < -0.3 is 28.6 Å². The fraction of sp³-hybridized carbons (Fsp3) is 0.412. The molecule has 242 valence electrons. The highest BCUT2D eigenvalue weighted by atomic mass is 32.1. The maximum Gasteiger partial charge on any atom is 0.338 e. The number of carbonyl (C=O) groups is 2. The van der Waals surface area contributed by atoms with E-state index in [-0.39, 0.29) is 31.5 Å². The SMILES string of the molecule is CCCC1=C(C(=O)OCC)[C@@H](c2ccc3c(c2)OCO3)n2c(s/c(=C/c3ccc(OCC(=O)N4CCCC4)c(OCC)c3)c2=O)=N1. The predicted octanol–water partition coefficient (Wildman–Crippen LogP) is 3.71. The maximum atomic E-state index is 14.2. The molecule has 0 radical (unpaired) electrons. The van der Waals surface area contributed by atoms with E-state index < -0.39 is 12.0 Å². The number of ether oxygens (including phenoxy) is 5. The highest BCUT2D eigenvalue weighted by Crippen LogP contribution is 2.39. The van der Waals surface area contributed by atoms with Gasteiger partial charge in [-0.15, -0.1) is 0 Å². The lowest BCUT2D eigenvalue weighted by Gasteiger charge is -2.25. The normalized spacial score (nSPS) is 17.2. The van der Waals surface area contributed by atoms with Gasteiger partial charge in [-0.25, -0.2) is 9.79 Å². The largest absolute Gasteiger partial charge is 0.490 e. The van der Waals surface area contributed by atoms with E-state index >= 15 is 0 Å². The van der Waals surface area contributed by atoms with Crippen molar-refractivity contribution >= 4 is 29.3 Å². The minimum Gasteiger partial charge on any atom is -0.490 e. The molecule has 12 heteroatoms. The van der Waals surface area contributed by atoms with Crippen molar-refractivity contribution in [3.63, 3.8) is 0 Å². The zero-order valence-electron chi connectivity index (χ0n) is 26.2. The van der Waals surface area contributed by atoms with Crippen molar-refractivity contribution in [2.24, 2.45) is 4.99 Å². The number of allylic oxidation sites excluding steroid dienone is 1. The Balaban J connectivity index is 1.40. The fourth-order valence-electron chi connectivity index (χ4n) is 5.87. The number of benzene rings is 2. The van der Waals surface area contributed by atoms with Gasteiger partial charge in [0, 0.05) is 13.1 Å². The zero-order valence-corrected chi connectivity index (χ0v) is 27.0. The minimum absolute atomic E-state index is 0.0493. The average Bonchev–Trinajstić information content (AvgIpc) is 3.81. The van der Waals surface area contributed by atoms with E-state index in [9.17, 15) is 14.4 Å².